The van der Waals surface area contributed by atoms with Crippen LogP contribution in [0.1, 0.15) is 6.42 Å². The van der Waals surface area contributed by atoms with Crippen molar-refractivity contribution in [1.29, 1.82) is 0 Å². The molecule has 22 heavy (non-hydrogen) atoms. The Hall–Kier alpha value is -1.15. The topological polar surface area (TPSA) is 59.1 Å². The SMILES string of the molecule is COc1ccccc1S(=O)(=O)N1CC[C@@H]2OCCN(C)[C@@H]2C1. The number of rotatable bonds is 3. The molecule has 0 unspecified atom stereocenters. The average Bonchev–Trinajstić information content (AvgIpc) is 2.55. The smallest absolute Gasteiger partial charge is 0.246 e. The number of ether oxygens (including phenoxy) is 2. The lowest BCUT2D eigenvalue weighted by Crippen LogP contribution is -2.59. The number of benzene rings is 1. The van der Waals surface area contributed by atoms with Crippen molar-refractivity contribution in [3.63, 3.8) is 0 Å². The number of likely N-dealkylation sites (N-methyl/N-ethyl adjacent to an activating group) is 1. The van der Waals surface area contributed by atoms with Crippen molar-refractivity contribution in [2.45, 2.75) is 23.5 Å². The van der Waals surface area contributed by atoms with Crippen molar-refractivity contribution in [2.75, 3.05) is 40.4 Å². The zero-order valence-electron chi connectivity index (χ0n) is 12.9. The molecule has 2 atom stereocenters. The third kappa shape index (κ3) is 2.74. The van der Waals surface area contributed by atoms with Crippen molar-refractivity contribution in [3.8, 4) is 5.75 Å². The third-order valence-electron chi connectivity index (χ3n) is 4.51. The zero-order chi connectivity index (χ0) is 15.7. The van der Waals surface area contributed by atoms with Crippen LogP contribution in [-0.2, 0) is 14.8 Å². The molecule has 2 heterocycles. The molecule has 1 aromatic rings. The van der Waals surface area contributed by atoms with Crippen molar-refractivity contribution >= 4 is 10.0 Å². The number of nitrogens with zero attached hydrogens (tertiary/aromatic N) is 2. The Morgan fingerprint density at radius 2 is 2.05 bits per heavy atom. The molecular weight excluding hydrogens is 304 g/mol. The number of fused-ring (bicyclic) bond motifs is 1. The predicted octanol–water partition coefficient (Wildman–Crippen LogP) is 0.789. The quantitative estimate of drug-likeness (QED) is 0.822. The molecule has 0 saturated carbocycles. The van der Waals surface area contributed by atoms with Crippen LogP contribution >= 0.6 is 0 Å². The van der Waals surface area contributed by atoms with Crippen molar-refractivity contribution < 1.29 is 17.9 Å². The van der Waals surface area contributed by atoms with Gasteiger partial charge in [0.15, 0.2) is 0 Å². The van der Waals surface area contributed by atoms with Gasteiger partial charge >= 0.3 is 0 Å². The largest absolute Gasteiger partial charge is 0.495 e. The second kappa shape index (κ2) is 6.16. The molecule has 1 aromatic carbocycles. The van der Waals surface area contributed by atoms with Gasteiger partial charge in [-0.1, -0.05) is 12.1 Å². The number of hydrogen-bond donors (Lipinski definition) is 0. The van der Waals surface area contributed by atoms with Crippen molar-refractivity contribution in [3.05, 3.63) is 24.3 Å². The fourth-order valence-corrected chi connectivity index (χ4v) is 4.83. The van der Waals surface area contributed by atoms with E-state index < -0.39 is 10.0 Å². The maximum atomic E-state index is 12.9. The van der Waals surface area contributed by atoms with Gasteiger partial charge in [0.2, 0.25) is 10.0 Å². The molecule has 122 valence electrons. The van der Waals surface area contributed by atoms with Gasteiger partial charge in [-0.25, -0.2) is 8.42 Å². The minimum Gasteiger partial charge on any atom is -0.495 e. The molecule has 0 aliphatic carbocycles. The molecule has 7 heteroatoms. The number of para-hydroxylation sites is 1. The van der Waals surface area contributed by atoms with Crippen LogP contribution in [0.25, 0.3) is 0 Å². The Labute approximate surface area is 131 Å². The minimum absolute atomic E-state index is 0.118. The van der Waals surface area contributed by atoms with Crippen LogP contribution in [0, 0.1) is 0 Å². The highest BCUT2D eigenvalue weighted by Crippen LogP contribution is 2.30. The van der Waals surface area contributed by atoms with E-state index in [4.69, 9.17) is 9.47 Å². The van der Waals surface area contributed by atoms with Crippen LogP contribution < -0.4 is 4.74 Å². The molecule has 6 nitrogen and oxygen atoms in total. The lowest BCUT2D eigenvalue weighted by atomic mass is 10.0. The highest BCUT2D eigenvalue weighted by Gasteiger charge is 2.40. The minimum atomic E-state index is -3.55. The second-order valence-corrected chi connectivity index (χ2v) is 7.67. The first-order chi connectivity index (χ1) is 10.5. The molecule has 0 N–H and O–H groups in total. The Bertz CT molecular complexity index is 634. The summed E-state index contributed by atoms with van der Waals surface area (Å²) in [6.07, 6.45) is 0.853. The van der Waals surface area contributed by atoms with E-state index in [-0.39, 0.29) is 17.0 Å². The lowest BCUT2D eigenvalue weighted by molar-refractivity contribution is -0.0840. The summed E-state index contributed by atoms with van der Waals surface area (Å²) in [4.78, 5) is 2.42. The zero-order valence-corrected chi connectivity index (χ0v) is 13.8. The van der Waals surface area contributed by atoms with Gasteiger partial charge in [0.1, 0.15) is 10.6 Å². The Morgan fingerprint density at radius 1 is 1.27 bits per heavy atom. The van der Waals surface area contributed by atoms with Gasteiger partial charge in [0.25, 0.3) is 0 Å². The normalized spacial score (nSPS) is 27.4. The molecular formula is C15H22N2O4S. The molecule has 2 saturated heterocycles. The summed E-state index contributed by atoms with van der Waals surface area (Å²) < 4.78 is 38.4. The lowest BCUT2D eigenvalue weighted by Gasteiger charge is -2.45. The Kier molecular flexibility index (Phi) is 4.40. The predicted molar refractivity (Wildman–Crippen MR) is 82.5 cm³/mol. The number of hydrogen-bond acceptors (Lipinski definition) is 5. The molecule has 2 aliphatic rings. The van der Waals surface area contributed by atoms with Crippen LogP contribution in [0.3, 0.4) is 0 Å². The van der Waals surface area contributed by atoms with E-state index in [1.165, 1.54) is 7.11 Å². The highest BCUT2D eigenvalue weighted by atomic mass is 32.2. The van der Waals surface area contributed by atoms with E-state index in [9.17, 15) is 8.42 Å². The van der Waals surface area contributed by atoms with Gasteiger partial charge in [-0.2, -0.15) is 4.31 Å². The first-order valence-electron chi connectivity index (χ1n) is 7.49. The summed E-state index contributed by atoms with van der Waals surface area (Å²) in [7, 11) is -0.0361. The number of methoxy groups -OCH3 is 1. The number of morpholine rings is 1. The standard InChI is InChI=1S/C15H22N2O4S/c1-16-9-10-21-13-7-8-17(11-12(13)16)22(18,19)15-6-4-3-5-14(15)20-2/h3-6,12-13H,7-11H2,1-2H3/t12-,13+/m1/s1. The summed E-state index contributed by atoms with van der Waals surface area (Å²) in [6, 6.07) is 6.88. The first-order valence-corrected chi connectivity index (χ1v) is 8.93. The van der Waals surface area contributed by atoms with E-state index in [2.05, 4.69) is 4.90 Å². The van der Waals surface area contributed by atoms with Gasteiger partial charge in [-0.15, -0.1) is 0 Å². The second-order valence-electron chi connectivity index (χ2n) is 5.76. The van der Waals surface area contributed by atoms with Crippen LogP contribution in [0.15, 0.2) is 29.2 Å². The van der Waals surface area contributed by atoms with Crippen LogP contribution in [-0.4, -0.2) is 70.2 Å². The molecule has 3 rings (SSSR count). The monoisotopic (exact) mass is 326 g/mol. The van der Waals surface area contributed by atoms with Crippen LogP contribution in [0.5, 0.6) is 5.75 Å². The van der Waals surface area contributed by atoms with Crippen molar-refractivity contribution in [1.82, 2.24) is 9.21 Å². The summed E-state index contributed by atoms with van der Waals surface area (Å²) in [5, 5.41) is 0. The molecule has 2 aliphatic heterocycles. The van der Waals surface area contributed by atoms with E-state index in [0.717, 1.165) is 19.6 Å². The Morgan fingerprint density at radius 3 is 2.82 bits per heavy atom. The molecule has 0 radical (unpaired) electrons. The van der Waals surface area contributed by atoms with Crippen LogP contribution in [0.4, 0.5) is 0 Å². The fourth-order valence-electron chi connectivity index (χ4n) is 3.20. The third-order valence-corrected chi connectivity index (χ3v) is 6.42. The van der Waals surface area contributed by atoms with Gasteiger partial charge in [0, 0.05) is 25.7 Å². The summed E-state index contributed by atoms with van der Waals surface area (Å²) in [6.45, 7) is 2.50. The summed E-state index contributed by atoms with van der Waals surface area (Å²) in [5.74, 6) is 0.387. The van der Waals surface area contributed by atoms with E-state index in [1.807, 2.05) is 7.05 Å². The van der Waals surface area contributed by atoms with Crippen LogP contribution in [0.2, 0.25) is 0 Å². The van der Waals surface area contributed by atoms with Gasteiger partial charge in [-0.3, -0.25) is 4.90 Å². The van der Waals surface area contributed by atoms with E-state index in [1.54, 1.807) is 28.6 Å². The molecule has 0 amide bonds. The maximum absolute atomic E-state index is 12.9. The fraction of sp³-hybridized carbons (Fsp3) is 0.600. The van der Waals surface area contributed by atoms with E-state index >= 15 is 0 Å². The molecule has 0 aromatic heterocycles. The van der Waals surface area contributed by atoms with Gasteiger partial charge in [-0.05, 0) is 25.6 Å². The number of sulfonamides is 1. The van der Waals surface area contributed by atoms with Gasteiger partial charge in [0.05, 0.1) is 19.8 Å². The molecule has 2 fully saturated rings. The maximum Gasteiger partial charge on any atom is 0.246 e. The summed E-state index contributed by atoms with van der Waals surface area (Å²) >= 11 is 0. The highest BCUT2D eigenvalue weighted by molar-refractivity contribution is 7.89. The first kappa shape index (κ1) is 15.7. The Balaban J connectivity index is 1.87. The molecule has 0 bridgehead atoms. The average molecular weight is 326 g/mol. The van der Waals surface area contributed by atoms with Crippen molar-refractivity contribution in [2.24, 2.45) is 0 Å². The number of piperidine rings is 1. The van der Waals surface area contributed by atoms with Gasteiger partial charge < -0.3 is 9.47 Å². The van der Waals surface area contributed by atoms with E-state index in [0.29, 0.717) is 18.8 Å². The summed E-state index contributed by atoms with van der Waals surface area (Å²) in [5.41, 5.74) is 0. The molecule has 0 spiro atoms.